The predicted octanol–water partition coefficient (Wildman–Crippen LogP) is 0.629. The summed E-state index contributed by atoms with van der Waals surface area (Å²) in [6, 6.07) is 3.90. The van der Waals surface area contributed by atoms with Gasteiger partial charge in [0.2, 0.25) is 5.91 Å². The number of aromatic nitrogens is 3. The van der Waals surface area contributed by atoms with Gasteiger partial charge in [0.05, 0.1) is 12.2 Å². The first kappa shape index (κ1) is 20.8. The zero-order valence-electron chi connectivity index (χ0n) is 16.9. The van der Waals surface area contributed by atoms with Gasteiger partial charge in [0.25, 0.3) is 5.56 Å². The fraction of sp³-hybridized carbons (Fsp3) is 0.500. The van der Waals surface area contributed by atoms with Crippen LogP contribution in [-0.2, 0) is 22.5 Å². The lowest BCUT2D eigenvalue weighted by molar-refractivity contribution is -0.121. The highest BCUT2D eigenvalue weighted by atomic mass is 16.5. The van der Waals surface area contributed by atoms with Crippen molar-refractivity contribution in [2.24, 2.45) is 0 Å². The second-order valence-corrected chi connectivity index (χ2v) is 7.48. The molecule has 156 valence electrons. The highest BCUT2D eigenvalue weighted by Crippen LogP contribution is 2.18. The zero-order valence-corrected chi connectivity index (χ0v) is 16.9. The van der Waals surface area contributed by atoms with E-state index in [4.69, 9.17) is 4.74 Å². The average molecular weight is 401 g/mol. The van der Waals surface area contributed by atoms with E-state index in [0.717, 1.165) is 24.5 Å². The standard InChI is InChI=1S/C20H27N5O4/c1-12-10-25(11-13(2)29-12)17-6-4-15(8-21-17)9-22-18(26)7-5-16-14(3)23-20(28)24-19(16)27/h4,6,8,12-13H,5,7,9-11H2,1-3H3,(H,22,26)(H2,23,24,27,28)/t12-,13-/m1/s1. The van der Waals surface area contributed by atoms with Crippen LogP contribution < -0.4 is 21.5 Å². The van der Waals surface area contributed by atoms with E-state index in [-0.39, 0.29) is 31.0 Å². The number of carbonyl (C=O) groups is 1. The molecular formula is C20H27N5O4. The molecule has 9 nitrogen and oxygen atoms in total. The summed E-state index contributed by atoms with van der Waals surface area (Å²) in [4.78, 5) is 46.6. The topological polar surface area (TPSA) is 120 Å². The highest BCUT2D eigenvalue weighted by Gasteiger charge is 2.23. The molecule has 2 aromatic rings. The maximum absolute atomic E-state index is 12.1. The Morgan fingerprint density at radius 1 is 1.24 bits per heavy atom. The van der Waals surface area contributed by atoms with Crippen molar-refractivity contribution in [3.8, 4) is 0 Å². The smallest absolute Gasteiger partial charge is 0.325 e. The lowest BCUT2D eigenvalue weighted by Gasteiger charge is -2.36. The summed E-state index contributed by atoms with van der Waals surface area (Å²) in [5, 5.41) is 2.84. The predicted molar refractivity (Wildman–Crippen MR) is 109 cm³/mol. The number of nitrogens with zero attached hydrogens (tertiary/aromatic N) is 2. The van der Waals surface area contributed by atoms with Crippen LogP contribution in [0, 0.1) is 6.92 Å². The molecule has 1 aliphatic heterocycles. The summed E-state index contributed by atoms with van der Waals surface area (Å²) in [6.45, 7) is 7.72. The molecule has 1 fully saturated rings. The Morgan fingerprint density at radius 3 is 2.59 bits per heavy atom. The Morgan fingerprint density at radius 2 is 1.97 bits per heavy atom. The Balaban J connectivity index is 1.50. The normalized spacial score (nSPS) is 19.2. The van der Waals surface area contributed by atoms with Crippen molar-refractivity contribution >= 4 is 11.7 Å². The molecule has 0 saturated carbocycles. The number of H-pyrrole nitrogens is 2. The Labute approximate surface area is 168 Å². The minimum absolute atomic E-state index is 0.158. The zero-order chi connectivity index (χ0) is 21.0. The second-order valence-electron chi connectivity index (χ2n) is 7.48. The van der Waals surface area contributed by atoms with E-state index in [0.29, 0.717) is 17.8 Å². The molecule has 0 radical (unpaired) electrons. The van der Waals surface area contributed by atoms with Gasteiger partial charge in [-0.25, -0.2) is 9.78 Å². The van der Waals surface area contributed by atoms with Crippen molar-refractivity contribution in [3.63, 3.8) is 0 Å². The molecule has 3 heterocycles. The van der Waals surface area contributed by atoms with Crippen LogP contribution in [0.3, 0.4) is 0 Å². The summed E-state index contributed by atoms with van der Waals surface area (Å²) >= 11 is 0. The summed E-state index contributed by atoms with van der Waals surface area (Å²) in [5.74, 6) is 0.727. The molecule has 2 atom stereocenters. The van der Waals surface area contributed by atoms with Gasteiger partial charge in [0.1, 0.15) is 5.82 Å². The molecule has 0 spiro atoms. The summed E-state index contributed by atoms with van der Waals surface area (Å²) in [5.41, 5.74) is 0.801. The number of anilines is 1. The van der Waals surface area contributed by atoms with Crippen LogP contribution in [0.5, 0.6) is 0 Å². The molecule has 1 saturated heterocycles. The largest absolute Gasteiger partial charge is 0.372 e. The number of nitrogens with one attached hydrogen (secondary N) is 3. The average Bonchev–Trinajstić information content (AvgIpc) is 2.65. The minimum atomic E-state index is -0.544. The van der Waals surface area contributed by atoms with Gasteiger partial charge in [0.15, 0.2) is 0 Å². The fourth-order valence-electron chi connectivity index (χ4n) is 3.53. The van der Waals surface area contributed by atoms with E-state index in [1.807, 2.05) is 12.1 Å². The third kappa shape index (κ3) is 5.54. The molecule has 2 aromatic heterocycles. The number of carbonyl (C=O) groups excluding carboxylic acids is 1. The number of hydrogen-bond acceptors (Lipinski definition) is 6. The van der Waals surface area contributed by atoms with Crippen molar-refractivity contribution in [1.82, 2.24) is 20.3 Å². The molecule has 1 aliphatic rings. The van der Waals surface area contributed by atoms with E-state index >= 15 is 0 Å². The maximum atomic E-state index is 12.1. The van der Waals surface area contributed by atoms with Gasteiger partial charge in [-0.15, -0.1) is 0 Å². The molecule has 9 heteroatoms. The van der Waals surface area contributed by atoms with Crippen molar-refractivity contribution < 1.29 is 9.53 Å². The summed E-state index contributed by atoms with van der Waals surface area (Å²) in [6.07, 6.45) is 2.51. The molecule has 0 aromatic carbocycles. The maximum Gasteiger partial charge on any atom is 0.325 e. The Kier molecular flexibility index (Phi) is 6.48. The van der Waals surface area contributed by atoms with Gasteiger partial charge >= 0.3 is 5.69 Å². The number of ether oxygens (including phenoxy) is 1. The van der Waals surface area contributed by atoms with Crippen LogP contribution in [0.4, 0.5) is 5.82 Å². The van der Waals surface area contributed by atoms with Crippen LogP contribution in [0.1, 0.15) is 37.1 Å². The van der Waals surface area contributed by atoms with Gasteiger partial charge in [-0.1, -0.05) is 6.07 Å². The molecule has 3 N–H and O–H groups in total. The van der Waals surface area contributed by atoms with E-state index in [9.17, 15) is 14.4 Å². The van der Waals surface area contributed by atoms with Crippen molar-refractivity contribution in [3.05, 3.63) is 56.0 Å². The number of rotatable bonds is 6. The molecule has 0 unspecified atom stereocenters. The number of pyridine rings is 1. The minimum Gasteiger partial charge on any atom is -0.372 e. The van der Waals surface area contributed by atoms with Gasteiger partial charge in [0, 0.05) is 43.5 Å². The van der Waals surface area contributed by atoms with Crippen molar-refractivity contribution in [1.29, 1.82) is 0 Å². The van der Waals surface area contributed by atoms with Crippen LogP contribution in [-0.4, -0.2) is 46.2 Å². The van der Waals surface area contributed by atoms with Crippen LogP contribution in [0.2, 0.25) is 0 Å². The number of amides is 1. The Bertz CT molecular complexity index is 956. The van der Waals surface area contributed by atoms with Gasteiger partial charge in [-0.3, -0.25) is 14.6 Å². The first-order valence-electron chi connectivity index (χ1n) is 9.76. The van der Waals surface area contributed by atoms with Crippen LogP contribution in [0.15, 0.2) is 27.9 Å². The lowest BCUT2D eigenvalue weighted by Crippen LogP contribution is -2.45. The van der Waals surface area contributed by atoms with Gasteiger partial charge < -0.3 is 19.9 Å². The van der Waals surface area contributed by atoms with E-state index in [1.54, 1.807) is 13.1 Å². The molecule has 0 bridgehead atoms. The lowest BCUT2D eigenvalue weighted by atomic mass is 10.1. The van der Waals surface area contributed by atoms with Crippen LogP contribution in [0.25, 0.3) is 0 Å². The van der Waals surface area contributed by atoms with Crippen molar-refractivity contribution in [2.45, 2.75) is 52.4 Å². The number of morpholine rings is 1. The number of hydrogen-bond donors (Lipinski definition) is 3. The third-order valence-corrected chi connectivity index (χ3v) is 4.90. The molecule has 29 heavy (non-hydrogen) atoms. The fourth-order valence-corrected chi connectivity index (χ4v) is 3.53. The van der Waals surface area contributed by atoms with E-state index in [1.165, 1.54) is 0 Å². The molecule has 1 amide bonds. The molecule has 3 rings (SSSR count). The van der Waals surface area contributed by atoms with Gasteiger partial charge in [-0.2, -0.15) is 0 Å². The van der Waals surface area contributed by atoms with Crippen LogP contribution >= 0.6 is 0 Å². The third-order valence-electron chi connectivity index (χ3n) is 4.90. The monoisotopic (exact) mass is 401 g/mol. The van der Waals surface area contributed by atoms with Gasteiger partial charge in [-0.05, 0) is 38.8 Å². The first-order chi connectivity index (χ1) is 13.8. The summed E-state index contributed by atoms with van der Waals surface area (Å²) in [7, 11) is 0. The number of aryl methyl sites for hydroxylation is 1. The second kappa shape index (κ2) is 9.04. The highest BCUT2D eigenvalue weighted by molar-refractivity contribution is 5.76. The molecular weight excluding hydrogens is 374 g/mol. The molecule has 0 aliphatic carbocycles. The number of aromatic amines is 2. The summed E-state index contributed by atoms with van der Waals surface area (Å²) < 4.78 is 5.75. The van der Waals surface area contributed by atoms with E-state index < -0.39 is 11.2 Å². The quantitative estimate of drug-likeness (QED) is 0.653. The SMILES string of the molecule is Cc1[nH]c(=O)[nH]c(=O)c1CCC(=O)NCc1ccc(N2C[C@@H](C)O[C@H](C)C2)nc1. The Hall–Kier alpha value is -2.94. The first-order valence-corrected chi connectivity index (χ1v) is 9.76. The van der Waals surface area contributed by atoms with Crippen molar-refractivity contribution in [2.75, 3.05) is 18.0 Å². The van der Waals surface area contributed by atoms with E-state index in [2.05, 4.69) is 39.0 Å².